The van der Waals surface area contributed by atoms with E-state index < -0.39 is 0 Å². The van der Waals surface area contributed by atoms with Gasteiger partial charge in [-0.15, -0.1) is 0 Å². The molecule has 1 aliphatic carbocycles. The molecule has 0 aliphatic heterocycles. The molecule has 0 heterocycles. The fraction of sp³-hybridized carbons (Fsp3) is 0.400. The van der Waals surface area contributed by atoms with Crippen LogP contribution in [0, 0.1) is 0 Å². The first-order valence-electron chi connectivity index (χ1n) is 6.48. The Morgan fingerprint density at radius 3 is 2.50 bits per heavy atom. The number of hydrogen-bond donors (Lipinski definition) is 1. The number of nitrogens with one attached hydrogen (secondary N) is 1. The summed E-state index contributed by atoms with van der Waals surface area (Å²) >= 11 is 5.80. The standard InChI is InChI=1S/C15H18ClNO/c16-13-9-6-12(7-10-13)8-11-15(18)17-14-4-2-1-3-5-14/h6-11,14H,1-5H2,(H,17,18)/b11-8+. The average molecular weight is 264 g/mol. The first kappa shape index (κ1) is 13.2. The van der Waals surface area contributed by atoms with Gasteiger partial charge < -0.3 is 5.32 Å². The van der Waals surface area contributed by atoms with Crippen molar-refractivity contribution in [1.82, 2.24) is 5.32 Å². The van der Waals surface area contributed by atoms with E-state index in [2.05, 4.69) is 5.32 Å². The lowest BCUT2D eigenvalue weighted by Gasteiger charge is -2.21. The van der Waals surface area contributed by atoms with Crippen molar-refractivity contribution < 1.29 is 4.79 Å². The number of benzene rings is 1. The van der Waals surface area contributed by atoms with Crippen molar-refractivity contribution >= 4 is 23.6 Å². The van der Waals surface area contributed by atoms with Crippen LogP contribution in [-0.2, 0) is 4.79 Å². The Balaban J connectivity index is 1.84. The Morgan fingerprint density at radius 2 is 1.83 bits per heavy atom. The first-order valence-corrected chi connectivity index (χ1v) is 6.86. The molecule has 0 saturated heterocycles. The highest BCUT2D eigenvalue weighted by molar-refractivity contribution is 6.30. The lowest BCUT2D eigenvalue weighted by Crippen LogP contribution is -2.34. The molecule has 2 nitrogen and oxygen atoms in total. The molecule has 0 aromatic heterocycles. The van der Waals surface area contributed by atoms with Crippen LogP contribution in [0.3, 0.4) is 0 Å². The van der Waals surface area contributed by atoms with Crippen LogP contribution < -0.4 is 5.32 Å². The molecule has 1 aromatic rings. The third kappa shape index (κ3) is 4.19. The fourth-order valence-corrected chi connectivity index (χ4v) is 2.37. The highest BCUT2D eigenvalue weighted by Crippen LogP contribution is 2.17. The van der Waals surface area contributed by atoms with Gasteiger partial charge in [0, 0.05) is 17.1 Å². The summed E-state index contributed by atoms with van der Waals surface area (Å²) in [5.41, 5.74) is 0.984. The zero-order valence-corrected chi connectivity index (χ0v) is 11.1. The number of carbonyl (C=O) groups is 1. The van der Waals surface area contributed by atoms with Crippen LogP contribution in [0.4, 0.5) is 0 Å². The zero-order chi connectivity index (χ0) is 12.8. The summed E-state index contributed by atoms with van der Waals surface area (Å²) in [4.78, 5) is 11.7. The summed E-state index contributed by atoms with van der Waals surface area (Å²) in [6.07, 6.45) is 9.39. The van der Waals surface area contributed by atoms with E-state index in [1.807, 2.05) is 30.3 Å². The monoisotopic (exact) mass is 263 g/mol. The number of carbonyl (C=O) groups excluding carboxylic acids is 1. The van der Waals surface area contributed by atoms with Crippen LogP contribution in [0.5, 0.6) is 0 Å². The van der Waals surface area contributed by atoms with Crippen molar-refractivity contribution in [3.05, 3.63) is 40.9 Å². The maximum absolute atomic E-state index is 11.7. The van der Waals surface area contributed by atoms with E-state index in [0.717, 1.165) is 18.4 Å². The third-order valence-corrected chi connectivity index (χ3v) is 3.50. The van der Waals surface area contributed by atoms with Crippen LogP contribution >= 0.6 is 11.6 Å². The number of amides is 1. The molecule has 1 aromatic carbocycles. The van der Waals surface area contributed by atoms with Crippen LogP contribution in [0.25, 0.3) is 6.08 Å². The van der Waals surface area contributed by atoms with Gasteiger partial charge in [-0.1, -0.05) is 43.0 Å². The van der Waals surface area contributed by atoms with Gasteiger partial charge in [-0.25, -0.2) is 0 Å². The first-order chi connectivity index (χ1) is 8.74. The quantitative estimate of drug-likeness (QED) is 0.826. The second kappa shape index (κ2) is 6.60. The Morgan fingerprint density at radius 1 is 1.17 bits per heavy atom. The highest BCUT2D eigenvalue weighted by atomic mass is 35.5. The maximum atomic E-state index is 11.7. The van der Waals surface area contributed by atoms with Gasteiger partial charge in [-0.05, 0) is 36.6 Å². The van der Waals surface area contributed by atoms with E-state index in [0.29, 0.717) is 11.1 Å². The smallest absolute Gasteiger partial charge is 0.244 e. The van der Waals surface area contributed by atoms with Gasteiger partial charge in [0.2, 0.25) is 5.91 Å². The van der Waals surface area contributed by atoms with Gasteiger partial charge in [0.25, 0.3) is 0 Å². The van der Waals surface area contributed by atoms with E-state index in [1.54, 1.807) is 6.08 Å². The van der Waals surface area contributed by atoms with Crippen molar-refractivity contribution in [2.75, 3.05) is 0 Å². The molecular formula is C15H18ClNO. The van der Waals surface area contributed by atoms with Gasteiger partial charge in [0.1, 0.15) is 0 Å². The van der Waals surface area contributed by atoms with E-state index in [1.165, 1.54) is 19.3 Å². The summed E-state index contributed by atoms with van der Waals surface area (Å²) in [6.45, 7) is 0. The minimum atomic E-state index is -0.00292. The Hall–Kier alpha value is -1.28. The summed E-state index contributed by atoms with van der Waals surface area (Å²) in [5, 5.41) is 3.76. The Bertz CT molecular complexity index is 419. The van der Waals surface area contributed by atoms with Crippen LogP contribution in [0.2, 0.25) is 5.02 Å². The third-order valence-electron chi connectivity index (χ3n) is 3.25. The molecule has 18 heavy (non-hydrogen) atoms. The van der Waals surface area contributed by atoms with E-state index >= 15 is 0 Å². The van der Waals surface area contributed by atoms with Crippen molar-refractivity contribution in [3.8, 4) is 0 Å². The Kier molecular flexibility index (Phi) is 4.82. The topological polar surface area (TPSA) is 29.1 Å². The van der Waals surface area contributed by atoms with Crippen molar-refractivity contribution in [2.24, 2.45) is 0 Å². The summed E-state index contributed by atoms with van der Waals surface area (Å²) in [7, 11) is 0. The van der Waals surface area contributed by atoms with E-state index in [4.69, 9.17) is 11.6 Å². The van der Waals surface area contributed by atoms with E-state index in [9.17, 15) is 4.79 Å². The predicted molar refractivity (Wildman–Crippen MR) is 75.5 cm³/mol. The lowest BCUT2D eigenvalue weighted by molar-refractivity contribution is -0.117. The van der Waals surface area contributed by atoms with Crippen LogP contribution in [0.15, 0.2) is 30.3 Å². The molecule has 1 N–H and O–H groups in total. The molecular weight excluding hydrogens is 246 g/mol. The molecule has 1 amide bonds. The molecule has 0 atom stereocenters. The second-order valence-corrected chi connectivity index (χ2v) is 5.16. The average Bonchev–Trinajstić information content (AvgIpc) is 2.39. The van der Waals surface area contributed by atoms with Crippen molar-refractivity contribution in [1.29, 1.82) is 0 Å². The molecule has 2 rings (SSSR count). The van der Waals surface area contributed by atoms with Gasteiger partial charge in [0.05, 0.1) is 0 Å². The number of halogens is 1. The van der Waals surface area contributed by atoms with Crippen molar-refractivity contribution in [3.63, 3.8) is 0 Å². The minimum absolute atomic E-state index is 0.00292. The second-order valence-electron chi connectivity index (χ2n) is 4.73. The Labute approximate surface area is 113 Å². The molecule has 1 saturated carbocycles. The molecule has 0 bridgehead atoms. The SMILES string of the molecule is O=C(/C=C/c1ccc(Cl)cc1)NC1CCCCC1. The predicted octanol–water partition coefficient (Wildman–Crippen LogP) is 3.80. The zero-order valence-electron chi connectivity index (χ0n) is 10.4. The summed E-state index contributed by atoms with van der Waals surface area (Å²) in [5.74, 6) is -0.00292. The number of hydrogen-bond acceptors (Lipinski definition) is 1. The summed E-state index contributed by atoms with van der Waals surface area (Å²) in [6, 6.07) is 7.79. The largest absolute Gasteiger partial charge is 0.350 e. The van der Waals surface area contributed by atoms with Gasteiger partial charge in [-0.2, -0.15) is 0 Å². The highest BCUT2D eigenvalue weighted by Gasteiger charge is 2.13. The van der Waals surface area contributed by atoms with Crippen LogP contribution in [0.1, 0.15) is 37.7 Å². The fourth-order valence-electron chi connectivity index (χ4n) is 2.24. The minimum Gasteiger partial charge on any atom is -0.350 e. The molecule has 1 aliphatic rings. The molecule has 96 valence electrons. The van der Waals surface area contributed by atoms with Gasteiger partial charge in [-0.3, -0.25) is 4.79 Å². The van der Waals surface area contributed by atoms with Crippen LogP contribution in [-0.4, -0.2) is 11.9 Å². The molecule has 0 unspecified atom stereocenters. The van der Waals surface area contributed by atoms with E-state index in [-0.39, 0.29) is 5.91 Å². The number of rotatable bonds is 3. The van der Waals surface area contributed by atoms with Gasteiger partial charge in [0.15, 0.2) is 0 Å². The van der Waals surface area contributed by atoms with Gasteiger partial charge >= 0.3 is 0 Å². The van der Waals surface area contributed by atoms with Crippen molar-refractivity contribution in [2.45, 2.75) is 38.1 Å². The molecule has 0 radical (unpaired) electrons. The normalized spacial score (nSPS) is 16.9. The summed E-state index contributed by atoms with van der Waals surface area (Å²) < 4.78 is 0. The maximum Gasteiger partial charge on any atom is 0.244 e. The molecule has 0 spiro atoms. The molecule has 3 heteroatoms. The molecule has 1 fully saturated rings. The lowest BCUT2D eigenvalue weighted by atomic mass is 9.95.